The molecule has 0 atom stereocenters. The summed E-state index contributed by atoms with van der Waals surface area (Å²) in [7, 11) is -8.30. The standard InChI is InChI=1S/C35H40N2O10S2/c1-34(2)26-22-24(32(38)39)14-16-28(26)36(18-10-20-48(42,43)44)30(34)12-8-6-5-7-9-13-31-35(3,4)27-23-25(33(40)41)15-17-29(27)37(31)19-11-21-49(45,46)47/h5-9,12-17,22-23H,10-11,18-21H2,1-4H3,(H3-,38,39,40,41,42,43,44,45,46,47)/p+1. The maximum atomic E-state index is 11.7. The normalized spacial score (nSPS) is 17.9. The zero-order valence-corrected chi connectivity index (χ0v) is 29.3. The molecule has 14 heteroatoms. The van der Waals surface area contributed by atoms with E-state index in [-0.39, 0.29) is 37.1 Å². The molecule has 0 saturated heterocycles. The van der Waals surface area contributed by atoms with Gasteiger partial charge in [0.05, 0.1) is 28.0 Å². The number of carbonyl (C=O) groups is 2. The van der Waals surface area contributed by atoms with Crippen molar-refractivity contribution in [1.82, 2.24) is 0 Å². The Hall–Kier alpha value is -4.37. The lowest BCUT2D eigenvalue weighted by Gasteiger charge is -2.27. The highest BCUT2D eigenvalue weighted by molar-refractivity contribution is 7.86. The third-order valence-electron chi connectivity index (χ3n) is 8.80. The number of anilines is 1. The molecule has 2 aliphatic heterocycles. The quantitative estimate of drug-likeness (QED) is 0.112. The Morgan fingerprint density at radius 1 is 0.755 bits per heavy atom. The monoisotopic (exact) mass is 713 g/mol. The van der Waals surface area contributed by atoms with Crippen LogP contribution in [0.1, 0.15) is 72.4 Å². The van der Waals surface area contributed by atoms with E-state index in [1.807, 2.05) is 61.5 Å². The summed E-state index contributed by atoms with van der Waals surface area (Å²) in [5.74, 6) is -2.93. The van der Waals surface area contributed by atoms with E-state index in [0.717, 1.165) is 33.9 Å². The van der Waals surface area contributed by atoms with E-state index < -0.39 is 54.5 Å². The molecule has 0 aromatic heterocycles. The molecule has 0 aliphatic carbocycles. The molecule has 0 fully saturated rings. The molecule has 262 valence electrons. The van der Waals surface area contributed by atoms with Gasteiger partial charge in [-0.05, 0) is 62.2 Å². The minimum absolute atomic E-state index is 0.141. The predicted molar refractivity (Wildman–Crippen MR) is 188 cm³/mol. The Labute approximate surface area is 286 Å². The van der Waals surface area contributed by atoms with Crippen LogP contribution in [0.25, 0.3) is 0 Å². The first-order valence-corrected chi connectivity index (χ1v) is 18.8. The fourth-order valence-electron chi connectivity index (χ4n) is 6.39. The van der Waals surface area contributed by atoms with Crippen LogP contribution in [-0.4, -0.2) is 83.0 Å². The highest BCUT2D eigenvalue weighted by Crippen LogP contribution is 2.48. The number of hydrogen-bond acceptors (Lipinski definition) is 7. The third kappa shape index (κ3) is 8.63. The van der Waals surface area contributed by atoms with Crippen molar-refractivity contribution in [2.75, 3.05) is 29.5 Å². The van der Waals surface area contributed by atoms with Crippen molar-refractivity contribution in [3.8, 4) is 0 Å². The summed E-state index contributed by atoms with van der Waals surface area (Å²) in [5, 5.41) is 19.1. The Morgan fingerprint density at radius 3 is 1.92 bits per heavy atom. The average molecular weight is 714 g/mol. The minimum Gasteiger partial charge on any atom is -0.478 e. The van der Waals surface area contributed by atoms with Gasteiger partial charge in [-0.25, -0.2) is 9.59 Å². The first-order chi connectivity index (χ1) is 22.7. The molecule has 0 radical (unpaired) electrons. The molecule has 0 spiro atoms. The molecule has 2 aromatic carbocycles. The van der Waals surface area contributed by atoms with E-state index in [0.29, 0.717) is 0 Å². The lowest BCUT2D eigenvalue weighted by molar-refractivity contribution is -0.437. The van der Waals surface area contributed by atoms with Gasteiger partial charge < -0.3 is 15.1 Å². The number of allylic oxidation sites excluding steroid dienone is 8. The van der Waals surface area contributed by atoms with Crippen LogP contribution in [0.2, 0.25) is 0 Å². The van der Waals surface area contributed by atoms with Crippen molar-refractivity contribution in [3.63, 3.8) is 0 Å². The van der Waals surface area contributed by atoms with Gasteiger partial charge in [-0.1, -0.05) is 44.2 Å². The maximum Gasteiger partial charge on any atom is 0.335 e. The van der Waals surface area contributed by atoms with Gasteiger partial charge in [0.1, 0.15) is 6.54 Å². The average Bonchev–Trinajstić information content (AvgIpc) is 3.33. The summed E-state index contributed by atoms with van der Waals surface area (Å²) in [6.07, 6.45) is 13.1. The lowest BCUT2D eigenvalue weighted by atomic mass is 9.81. The van der Waals surface area contributed by atoms with Crippen molar-refractivity contribution in [3.05, 3.63) is 107 Å². The molecular formula is C35H41N2O10S2+. The molecule has 4 rings (SSSR count). The molecule has 0 unspecified atom stereocenters. The van der Waals surface area contributed by atoms with Crippen molar-refractivity contribution >= 4 is 49.3 Å². The maximum absolute atomic E-state index is 11.7. The van der Waals surface area contributed by atoms with Crippen LogP contribution in [-0.2, 0) is 31.1 Å². The van der Waals surface area contributed by atoms with Gasteiger partial charge in [0.15, 0.2) is 5.71 Å². The first kappa shape index (κ1) is 37.4. The van der Waals surface area contributed by atoms with E-state index >= 15 is 0 Å². The van der Waals surface area contributed by atoms with Gasteiger partial charge >= 0.3 is 11.9 Å². The van der Waals surface area contributed by atoms with Crippen molar-refractivity contribution in [2.45, 2.75) is 51.4 Å². The Balaban J connectivity index is 1.59. The second kappa shape index (κ2) is 14.2. The smallest absolute Gasteiger partial charge is 0.335 e. The number of aromatic carboxylic acids is 2. The fourth-order valence-corrected chi connectivity index (χ4v) is 7.38. The van der Waals surface area contributed by atoms with E-state index in [4.69, 9.17) is 0 Å². The van der Waals surface area contributed by atoms with Gasteiger partial charge in [0.2, 0.25) is 5.69 Å². The molecular weight excluding hydrogens is 673 g/mol. The largest absolute Gasteiger partial charge is 0.478 e. The molecule has 49 heavy (non-hydrogen) atoms. The van der Waals surface area contributed by atoms with Gasteiger partial charge in [-0.2, -0.15) is 21.4 Å². The summed E-state index contributed by atoms with van der Waals surface area (Å²) < 4.78 is 65.9. The summed E-state index contributed by atoms with van der Waals surface area (Å²) in [5.41, 5.74) is 3.80. The van der Waals surface area contributed by atoms with Gasteiger partial charge in [-0.15, -0.1) is 0 Å². The molecule has 0 amide bonds. The molecule has 12 nitrogen and oxygen atoms in total. The number of carboxylic acids is 2. The zero-order chi connectivity index (χ0) is 36.4. The second-order valence-corrected chi connectivity index (χ2v) is 16.1. The fraction of sp³-hybridized carbons (Fsp3) is 0.343. The zero-order valence-electron chi connectivity index (χ0n) is 27.7. The number of fused-ring (bicyclic) bond motifs is 2. The van der Waals surface area contributed by atoms with Crippen molar-refractivity contribution < 1.29 is 50.3 Å². The molecule has 4 N–H and O–H groups in total. The van der Waals surface area contributed by atoms with Crippen LogP contribution in [0.5, 0.6) is 0 Å². The van der Waals surface area contributed by atoms with E-state index in [1.54, 1.807) is 42.5 Å². The first-order valence-electron chi connectivity index (χ1n) is 15.5. The van der Waals surface area contributed by atoms with Gasteiger partial charge in [0.25, 0.3) is 20.2 Å². The van der Waals surface area contributed by atoms with E-state index in [2.05, 4.69) is 0 Å². The summed E-state index contributed by atoms with van der Waals surface area (Å²) in [6, 6.07) is 9.67. The van der Waals surface area contributed by atoms with Crippen LogP contribution >= 0.6 is 0 Å². The van der Waals surface area contributed by atoms with Crippen LogP contribution in [0, 0.1) is 0 Å². The molecule has 2 heterocycles. The topological polar surface area (TPSA) is 190 Å². The SMILES string of the molecule is CC1(C)C(=CC=CC=CC=CC2=[N+](CCCS(=O)(=O)O)c3ccc(C(=O)O)cc3C2(C)C)N(CCCS(=O)(=O)O)c2ccc(C(=O)O)cc21. The van der Waals surface area contributed by atoms with Crippen LogP contribution < -0.4 is 4.90 Å². The molecule has 2 aromatic rings. The Kier molecular flexibility index (Phi) is 10.9. The summed E-state index contributed by atoms with van der Waals surface area (Å²) in [4.78, 5) is 25.3. The van der Waals surface area contributed by atoms with E-state index in [1.165, 1.54) is 12.1 Å². The Bertz CT molecular complexity index is 2040. The second-order valence-electron chi connectivity index (χ2n) is 13.0. The predicted octanol–water partition coefficient (Wildman–Crippen LogP) is 5.37. The number of rotatable bonds is 14. The highest BCUT2D eigenvalue weighted by Gasteiger charge is 2.44. The van der Waals surface area contributed by atoms with Crippen LogP contribution in [0.3, 0.4) is 0 Å². The summed E-state index contributed by atoms with van der Waals surface area (Å²) >= 11 is 0. The highest BCUT2D eigenvalue weighted by atomic mass is 32.2. The molecule has 2 aliphatic rings. The van der Waals surface area contributed by atoms with Crippen molar-refractivity contribution in [1.29, 1.82) is 0 Å². The lowest BCUT2D eigenvalue weighted by Crippen LogP contribution is -2.28. The van der Waals surface area contributed by atoms with Crippen LogP contribution in [0.4, 0.5) is 11.4 Å². The molecule has 0 saturated carbocycles. The van der Waals surface area contributed by atoms with E-state index in [9.17, 15) is 45.7 Å². The van der Waals surface area contributed by atoms with Gasteiger partial charge in [0, 0.05) is 47.5 Å². The third-order valence-corrected chi connectivity index (χ3v) is 10.4. The Morgan fingerprint density at radius 2 is 1.31 bits per heavy atom. The minimum atomic E-state index is -4.15. The molecule has 0 bridgehead atoms. The number of hydrogen-bond donors (Lipinski definition) is 4. The number of benzene rings is 2. The van der Waals surface area contributed by atoms with Crippen molar-refractivity contribution in [2.24, 2.45) is 0 Å². The summed E-state index contributed by atoms with van der Waals surface area (Å²) in [6.45, 7) is 8.39. The number of carboxylic acid groups (broad SMARTS) is 2. The van der Waals surface area contributed by atoms with Crippen LogP contribution in [0.15, 0.2) is 84.6 Å². The van der Waals surface area contributed by atoms with Gasteiger partial charge in [-0.3, -0.25) is 9.11 Å². The number of nitrogens with zero attached hydrogens (tertiary/aromatic N) is 2.